The maximum atomic E-state index is 3.70. The van der Waals surface area contributed by atoms with E-state index < -0.39 is 0 Å². The Bertz CT molecular complexity index is 351. The Morgan fingerprint density at radius 3 is 2.47 bits per heavy atom. The molecule has 0 heterocycles. The number of hydrogen-bond acceptors (Lipinski definition) is 1. The van der Waals surface area contributed by atoms with E-state index in [1.165, 1.54) is 50.6 Å². The molecular weight excluding hydrogens is 230 g/mol. The van der Waals surface area contributed by atoms with Gasteiger partial charge in [-0.25, -0.2) is 0 Å². The molecule has 1 aromatic carbocycles. The second kappa shape index (κ2) is 7.09. The summed E-state index contributed by atoms with van der Waals surface area (Å²) in [5.74, 6) is 0.660. The van der Waals surface area contributed by atoms with Crippen LogP contribution in [0.2, 0.25) is 0 Å². The Hall–Kier alpha value is -0.820. The van der Waals surface area contributed by atoms with Crippen LogP contribution in [0.3, 0.4) is 0 Å². The molecule has 0 amide bonds. The van der Waals surface area contributed by atoms with Gasteiger partial charge in [-0.2, -0.15) is 0 Å². The van der Waals surface area contributed by atoms with E-state index in [9.17, 15) is 0 Å². The Kier molecular flexibility index (Phi) is 5.45. The maximum absolute atomic E-state index is 3.70. The lowest BCUT2D eigenvalue weighted by atomic mass is 9.76. The molecular formula is C18H29N. The molecule has 0 aliphatic heterocycles. The first kappa shape index (κ1) is 14.6. The van der Waals surface area contributed by atoms with Crippen molar-refractivity contribution in [3.63, 3.8) is 0 Å². The predicted octanol–water partition coefficient (Wildman–Crippen LogP) is 4.74. The lowest BCUT2D eigenvalue weighted by Gasteiger charge is -2.34. The van der Waals surface area contributed by atoms with Crippen molar-refractivity contribution in [2.75, 3.05) is 13.1 Å². The van der Waals surface area contributed by atoms with E-state index in [0.717, 1.165) is 6.54 Å². The minimum atomic E-state index is 0.564. The molecule has 1 fully saturated rings. The van der Waals surface area contributed by atoms with Crippen molar-refractivity contribution < 1.29 is 0 Å². The van der Waals surface area contributed by atoms with Gasteiger partial charge in [-0.3, -0.25) is 0 Å². The summed E-state index contributed by atoms with van der Waals surface area (Å²) in [6.45, 7) is 7.14. The summed E-state index contributed by atoms with van der Waals surface area (Å²) < 4.78 is 0. The molecule has 1 unspecified atom stereocenters. The van der Waals surface area contributed by atoms with Gasteiger partial charge in [-0.1, -0.05) is 63.4 Å². The van der Waals surface area contributed by atoms with E-state index >= 15 is 0 Å². The molecule has 1 aromatic rings. The zero-order valence-electron chi connectivity index (χ0n) is 12.6. The van der Waals surface area contributed by atoms with E-state index in [2.05, 4.69) is 49.5 Å². The van der Waals surface area contributed by atoms with Gasteiger partial charge in [0.05, 0.1) is 0 Å². The second-order valence-electron chi connectivity index (χ2n) is 6.65. The van der Waals surface area contributed by atoms with E-state index in [1.54, 1.807) is 0 Å². The fourth-order valence-electron chi connectivity index (χ4n) is 3.24. The van der Waals surface area contributed by atoms with Crippen LogP contribution in [0.15, 0.2) is 30.3 Å². The first-order valence-electron chi connectivity index (χ1n) is 7.95. The second-order valence-corrected chi connectivity index (χ2v) is 6.65. The summed E-state index contributed by atoms with van der Waals surface area (Å²) >= 11 is 0. The van der Waals surface area contributed by atoms with Crippen molar-refractivity contribution in [2.24, 2.45) is 5.41 Å². The van der Waals surface area contributed by atoms with Gasteiger partial charge in [-0.15, -0.1) is 0 Å². The van der Waals surface area contributed by atoms with Gasteiger partial charge < -0.3 is 5.32 Å². The molecule has 0 radical (unpaired) electrons. The Morgan fingerprint density at radius 2 is 1.79 bits per heavy atom. The van der Waals surface area contributed by atoms with Crippen molar-refractivity contribution in [2.45, 2.75) is 58.3 Å². The van der Waals surface area contributed by atoms with Crippen LogP contribution in [-0.4, -0.2) is 13.1 Å². The van der Waals surface area contributed by atoms with Gasteiger partial charge in [0.2, 0.25) is 0 Å². The topological polar surface area (TPSA) is 12.0 Å². The summed E-state index contributed by atoms with van der Waals surface area (Å²) in [6, 6.07) is 10.9. The highest BCUT2D eigenvalue weighted by atomic mass is 14.9. The van der Waals surface area contributed by atoms with Crippen LogP contribution < -0.4 is 5.32 Å². The summed E-state index contributed by atoms with van der Waals surface area (Å²) in [5, 5.41) is 3.70. The molecule has 0 aromatic heterocycles. The van der Waals surface area contributed by atoms with Gasteiger partial charge in [0.1, 0.15) is 0 Å². The fraction of sp³-hybridized carbons (Fsp3) is 0.667. The standard InChI is InChI=1S/C18H29N/c1-16(17-9-5-3-6-10-17)11-14-19-15-18(2)12-7-4-8-13-18/h3,5-6,9-10,16,19H,4,7-8,11-15H2,1-2H3. The van der Waals surface area contributed by atoms with Gasteiger partial charge in [0.25, 0.3) is 0 Å². The number of hydrogen-bond donors (Lipinski definition) is 1. The molecule has 0 saturated heterocycles. The minimum absolute atomic E-state index is 0.564. The normalized spacial score (nSPS) is 20.1. The van der Waals surface area contributed by atoms with Gasteiger partial charge in [0, 0.05) is 6.54 Å². The molecule has 1 nitrogen and oxygen atoms in total. The minimum Gasteiger partial charge on any atom is -0.316 e. The van der Waals surface area contributed by atoms with E-state index in [4.69, 9.17) is 0 Å². The molecule has 1 aliphatic rings. The monoisotopic (exact) mass is 259 g/mol. The third kappa shape index (κ3) is 4.65. The Balaban J connectivity index is 1.66. The molecule has 1 saturated carbocycles. The molecule has 106 valence electrons. The Morgan fingerprint density at radius 1 is 1.11 bits per heavy atom. The number of nitrogens with one attached hydrogen (secondary N) is 1. The summed E-state index contributed by atoms with van der Waals surface area (Å²) in [6.07, 6.45) is 8.36. The lowest BCUT2D eigenvalue weighted by molar-refractivity contribution is 0.208. The van der Waals surface area contributed by atoms with Crippen LogP contribution in [0.5, 0.6) is 0 Å². The molecule has 0 bridgehead atoms. The zero-order valence-corrected chi connectivity index (χ0v) is 12.6. The predicted molar refractivity (Wildman–Crippen MR) is 83.5 cm³/mol. The van der Waals surface area contributed by atoms with E-state index in [1.807, 2.05) is 0 Å². The molecule has 1 heteroatoms. The average molecular weight is 259 g/mol. The van der Waals surface area contributed by atoms with Crippen LogP contribution in [0.4, 0.5) is 0 Å². The highest BCUT2D eigenvalue weighted by Crippen LogP contribution is 2.34. The van der Waals surface area contributed by atoms with Crippen LogP contribution >= 0.6 is 0 Å². The van der Waals surface area contributed by atoms with Crippen molar-refractivity contribution in [1.82, 2.24) is 5.32 Å². The summed E-state index contributed by atoms with van der Waals surface area (Å²) in [7, 11) is 0. The highest BCUT2D eigenvalue weighted by molar-refractivity contribution is 5.18. The van der Waals surface area contributed by atoms with Crippen LogP contribution in [0, 0.1) is 5.41 Å². The largest absolute Gasteiger partial charge is 0.316 e. The average Bonchev–Trinajstić information content (AvgIpc) is 2.45. The first-order chi connectivity index (χ1) is 9.20. The smallest absolute Gasteiger partial charge is 0.000516 e. The molecule has 0 spiro atoms. The third-order valence-electron chi connectivity index (χ3n) is 4.74. The summed E-state index contributed by atoms with van der Waals surface area (Å²) in [4.78, 5) is 0. The van der Waals surface area contributed by atoms with Gasteiger partial charge in [-0.05, 0) is 42.7 Å². The maximum Gasteiger partial charge on any atom is 0.000516 e. The first-order valence-corrected chi connectivity index (χ1v) is 7.95. The van der Waals surface area contributed by atoms with Crippen molar-refractivity contribution in [3.8, 4) is 0 Å². The van der Waals surface area contributed by atoms with Crippen LogP contribution in [-0.2, 0) is 0 Å². The third-order valence-corrected chi connectivity index (χ3v) is 4.74. The number of rotatable bonds is 6. The fourth-order valence-corrected chi connectivity index (χ4v) is 3.24. The van der Waals surface area contributed by atoms with Crippen LogP contribution in [0.25, 0.3) is 0 Å². The molecule has 2 rings (SSSR count). The molecule has 1 atom stereocenters. The van der Waals surface area contributed by atoms with Crippen molar-refractivity contribution >= 4 is 0 Å². The lowest BCUT2D eigenvalue weighted by Crippen LogP contribution is -2.34. The van der Waals surface area contributed by atoms with E-state index in [-0.39, 0.29) is 0 Å². The molecule has 1 N–H and O–H groups in total. The summed E-state index contributed by atoms with van der Waals surface area (Å²) in [5.41, 5.74) is 2.03. The van der Waals surface area contributed by atoms with Crippen molar-refractivity contribution in [3.05, 3.63) is 35.9 Å². The SMILES string of the molecule is CC(CCNCC1(C)CCCCC1)c1ccccc1. The van der Waals surface area contributed by atoms with E-state index in [0.29, 0.717) is 11.3 Å². The Labute approximate surface area is 118 Å². The number of benzene rings is 1. The quantitative estimate of drug-likeness (QED) is 0.728. The van der Waals surface area contributed by atoms with Crippen LogP contribution in [0.1, 0.15) is 63.9 Å². The van der Waals surface area contributed by atoms with Crippen molar-refractivity contribution in [1.29, 1.82) is 0 Å². The zero-order chi connectivity index (χ0) is 13.6. The molecule has 19 heavy (non-hydrogen) atoms. The van der Waals surface area contributed by atoms with Gasteiger partial charge >= 0.3 is 0 Å². The molecule has 1 aliphatic carbocycles. The highest BCUT2D eigenvalue weighted by Gasteiger charge is 2.25. The van der Waals surface area contributed by atoms with Gasteiger partial charge in [0.15, 0.2) is 0 Å².